The first-order valence-electron chi connectivity index (χ1n) is 10.4. The lowest BCUT2D eigenvalue weighted by atomic mass is 10.1. The maximum atomic E-state index is 12.8. The number of rotatable bonds is 9. The van der Waals surface area contributed by atoms with Crippen LogP contribution < -0.4 is 9.47 Å². The highest BCUT2D eigenvalue weighted by Gasteiger charge is 2.34. The monoisotopic (exact) mass is 445 g/mol. The van der Waals surface area contributed by atoms with Gasteiger partial charge in [-0.15, -0.1) is 0 Å². The Morgan fingerprint density at radius 2 is 1.44 bits per heavy atom. The van der Waals surface area contributed by atoms with Crippen molar-refractivity contribution in [1.82, 2.24) is 4.90 Å². The number of hydrogen-bond donors (Lipinski definition) is 0. The number of thioether (sulfide) groups is 1. The van der Waals surface area contributed by atoms with Crippen molar-refractivity contribution in [2.45, 2.75) is 6.42 Å². The van der Waals surface area contributed by atoms with Crippen LogP contribution in [0.15, 0.2) is 89.8 Å². The van der Waals surface area contributed by atoms with Crippen LogP contribution in [-0.2, 0) is 11.2 Å². The van der Waals surface area contributed by atoms with E-state index in [4.69, 9.17) is 9.47 Å². The van der Waals surface area contributed by atoms with Crippen molar-refractivity contribution in [3.63, 3.8) is 0 Å². The van der Waals surface area contributed by atoms with Gasteiger partial charge >= 0.3 is 0 Å². The molecule has 162 valence electrons. The molecule has 1 aliphatic heterocycles. The largest absolute Gasteiger partial charge is 0.490 e. The Balaban J connectivity index is 1.37. The van der Waals surface area contributed by atoms with Crippen LogP contribution in [0.3, 0.4) is 0 Å². The van der Waals surface area contributed by atoms with E-state index in [1.165, 1.54) is 4.90 Å². The predicted octanol–water partition coefficient (Wildman–Crippen LogP) is 5.42. The quantitative estimate of drug-likeness (QED) is 0.325. The van der Waals surface area contributed by atoms with Crippen molar-refractivity contribution in [1.29, 1.82) is 0 Å². The van der Waals surface area contributed by atoms with Gasteiger partial charge < -0.3 is 9.47 Å². The van der Waals surface area contributed by atoms with Gasteiger partial charge in [0.2, 0.25) is 0 Å². The van der Waals surface area contributed by atoms with E-state index in [-0.39, 0.29) is 11.1 Å². The van der Waals surface area contributed by atoms with Gasteiger partial charge in [-0.25, -0.2) is 0 Å². The maximum absolute atomic E-state index is 12.8. The average molecular weight is 446 g/mol. The number of carbonyl (C=O) groups excluding carboxylic acids is 2. The first-order valence-corrected chi connectivity index (χ1v) is 11.2. The van der Waals surface area contributed by atoms with Gasteiger partial charge in [0.25, 0.3) is 11.1 Å². The van der Waals surface area contributed by atoms with Gasteiger partial charge in [0.1, 0.15) is 24.7 Å². The lowest BCUT2D eigenvalue weighted by molar-refractivity contribution is -0.122. The number of ether oxygens (including phenoxy) is 2. The third kappa shape index (κ3) is 5.59. The molecule has 0 N–H and O–H groups in total. The lowest BCUT2D eigenvalue weighted by Gasteiger charge is -2.12. The van der Waals surface area contributed by atoms with Gasteiger partial charge in [-0.1, -0.05) is 66.7 Å². The van der Waals surface area contributed by atoms with E-state index >= 15 is 0 Å². The number of nitrogens with zero attached hydrogens (tertiary/aromatic N) is 1. The summed E-state index contributed by atoms with van der Waals surface area (Å²) >= 11 is 0.964. The highest BCUT2D eigenvalue weighted by atomic mass is 32.2. The van der Waals surface area contributed by atoms with E-state index in [0.29, 0.717) is 36.8 Å². The second-order valence-electron chi connectivity index (χ2n) is 7.12. The van der Waals surface area contributed by atoms with E-state index in [1.807, 2.05) is 84.9 Å². The molecule has 0 aromatic heterocycles. The number of carbonyl (C=O) groups is 2. The molecule has 0 bridgehead atoms. The average Bonchev–Trinajstić information content (AvgIpc) is 3.10. The van der Waals surface area contributed by atoms with Crippen LogP contribution >= 0.6 is 11.8 Å². The molecule has 1 heterocycles. The molecule has 32 heavy (non-hydrogen) atoms. The van der Waals surface area contributed by atoms with E-state index in [1.54, 1.807) is 6.08 Å². The molecule has 0 unspecified atom stereocenters. The summed E-state index contributed by atoms with van der Waals surface area (Å²) in [5.74, 6) is 1.16. The SMILES string of the molecule is O=C1S/C(=C/c2ccccc2OCCOc2ccccc2)C(=O)N1CCc1ccccc1. The topological polar surface area (TPSA) is 55.8 Å². The van der Waals surface area contributed by atoms with E-state index in [0.717, 1.165) is 28.6 Å². The van der Waals surface area contributed by atoms with Crippen molar-refractivity contribution >= 4 is 29.0 Å². The number of imide groups is 1. The Labute approximate surface area is 191 Å². The minimum Gasteiger partial charge on any atom is -0.490 e. The molecule has 1 fully saturated rings. The van der Waals surface area contributed by atoms with Gasteiger partial charge in [0.15, 0.2) is 0 Å². The smallest absolute Gasteiger partial charge is 0.293 e. The highest BCUT2D eigenvalue weighted by molar-refractivity contribution is 8.18. The molecule has 0 aliphatic carbocycles. The molecule has 0 spiro atoms. The summed E-state index contributed by atoms with van der Waals surface area (Å²) in [7, 11) is 0. The minimum atomic E-state index is -0.266. The molecule has 1 saturated heterocycles. The first kappa shape index (κ1) is 21.7. The fourth-order valence-corrected chi connectivity index (χ4v) is 4.13. The predicted molar refractivity (Wildman–Crippen MR) is 127 cm³/mol. The number of amides is 2. The molecule has 0 atom stereocenters. The van der Waals surface area contributed by atoms with Crippen molar-refractivity contribution in [3.8, 4) is 11.5 Å². The van der Waals surface area contributed by atoms with Crippen LogP contribution in [0.4, 0.5) is 4.79 Å². The third-order valence-electron chi connectivity index (χ3n) is 4.90. The van der Waals surface area contributed by atoms with Crippen LogP contribution in [0.2, 0.25) is 0 Å². The minimum absolute atomic E-state index is 0.244. The zero-order chi connectivity index (χ0) is 22.2. The van der Waals surface area contributed by atoms with Crippen LogP contribution in [0.5, 0.6) is 11.5 Å². The molecule has 3 aromatic carbocycles. The van der Waals surface area contributed by atoms with E-state index < -0.39 is 0 Å². The normalized spacial score (nSPS) is 14.8. The summed E-state index contributed by atoms with van der Waals surface area (Å²) in [5.41, 5.74) is 1.84. The van der Waals surface area contributed by atoms with Gasteiger partial charge in [0.05, 0.1) is 4.91 Å². The second kappa shape index (κ2) is 10.7. The summed E-state index contributed by atoms with van der Waals surface area (Å²) in [6.07, 6.45) is 2.36. The first-order chi connectivity index (χ1) is 15.7. The highest BCUT2D eigenvalue weighted by Crippen LogP contribution is 2.34. The summed E-state index contributed by atoms with van der Waals surface area (Å²) in [6, 6.07) is 26.8. The zero-order valence-electron chi connectivity index (χ0n) is 17.5. The summed E-state index contributed by atoms with van der Waals surface area (Å²) in [5, 5.41) is -0.244. The van der Waals surface area contributed by atoms with Gasteiger partial charge in [0, 0.05) is 12.1 Å². The van der Waals surface area contributed by atoms with Crippen LogP contribution in [0.25, 0.3) is 6.08 Å². The van der Waals surface area contributed by atoms with Crippen LogP contribution in [-0.4, -0.2) is 35.8 Å². The third-order valence-corrected chi connectivity index (χ3v) is 5.81. The molecule has 4 rings (SSSR count). The Bertz CT molecular complexity index is 1100. The molecule has 6 heteroatoms. The Hall–Kier alpha value is -3.51. The van der Waals surface area contributed by atoms with Crippen molar-refractivity contribution in [2.24, 2.45) is 0 Å². The van der Waals surface area contributed by atoms with E-state index in [9.17, 15) is 9.59 Å². The van der Waals surface area contributed by atoms with Gasteiger partial charge in [-0.3, -0.25) is 14.5 Å². The molecule has 2 amide bonds. The summed E-state index contributed by atoms with van der Waals surface area (Å²) < 4.78 is 11.5. The molecule has 1 aliphatic rings. The number of hydrogen-bond acceptors (Lipinski definition) is 5. The van der Waals surface area contributed by atoms with Gasteiger partial charge in [-0.2, -0.15) is 0 Å². The van der Waals surface area contributed by atoms with E-state index in [2.05, 4.69) is 0 Å². The summed E-state index contributed by atoms with van der Waals surface area (Å²) in [4.78, 5) is 27.0. The van der Waals surface area contributed by atoms with Crippen molar-refractivity contribution in [2.75, 3.05) is 19.8 Å². The van der Waals surface area contributed by atoms with Crippen molar-refractivity contribution in [3.05, 3.63) is 101 Å². The maximum Gasteiger partial charge on any atom is 0.293 e. The second-order valence-corrected chi connectivity index (χ2v) is 8.11. The van der Waals surface area contributed by atoms with Crippen molar-refractivity contribution < 1.29 is 19.1 Å². The molecule has 5 nitrogen and oxygen atoms in total. The molecule has 0 saturated carbocycles. The molecule has 0 radical (unpaired) electrons. The fraction of sp³-hybridized carbons (Fsp3) is 0.154. The number of para-hydroxylation sites is 2. The Kier molecular flexibility index (Phi) is 7.25. The Morgan fingerprint density at radius 3 is 2.22 bits per heavy atom. The fourth-order valence-electron chi connectivity index (χ4n) is 3.28. The zero-order valence-corrected chi connectivity index (χ0v) is 18.3. The van der Waals surface area contributed by atoms with Crippen LogP contribution in [0, 0.1) is 0 Å². The Morgan fingerprint density at radius 1 is 0.781 bits per heavy atom. The summed E-state index contributed by atoms with van der Waals surface area (Å²) in [6.45, 7) is 1.12. The van der Waals surface area contributed by atoms with Crippen LogP contribution in [0.1, 0.15) is 11.1 Å². The number of benzene rings is 3. The molecule has 3 aromatic rings. The standard InChI is InChI=1S/C26H23NO4S/c28-25-24(32-26(29)27(25)16-15-20-9-3-1-4-10-20)19-21-11-7-8-14-23(21)31-18-17-30-22-12-5-2-6-13-22/h1-14,19H,15-18H2/b24-19+. The lowest BCUT2D eigenvalue weighted by Crippen LogP contribution is -2.30. The molecular formula is C26H23NO4S. The molecular weight excluding hydrogens is 422 g/mol. The van der Waals surface area contributed by atoms with Gasteiger partial charge in [-0.05, 0) is 48.0 Å².